The first-order valence-corrected chi connectivity index (χ1v) is 10.4. The predicted molar refractivity (Wildman–Crippen MR) is 86.2 cm³/mol. The molecule has 1 aliphatic heterocycles. The number of carbonyl (C=O) groups excluding carboxylic acids is 1. The van der Waals surface area contributed by atoms with Crippen molar-refractivity contribution < 1.29 is 13.2 Å². The summed E-state index contributed by atoms with van der Waals surface area (Å²) in [4.78, 5) is 12.4. The van der Waals surface area contributed by atoms with Crippen molar-refractivity contribution in [2.45, 2.75) is 62.9 Å². The number of hydrogen-bond acceptors (Lipinski definition) is 4. The maximum absolute atomic E-state index is 12.4. The van der Waals surface area contributed by atoms with Gasteiger partial charge in [0.1, 0.15) is 5.69 Å². The molecule has 126 valence electrons. The molecule has 7 heteroatoms. The zero-order chi connectivity index (χ0) is 16.0. The van der Waals surface area contributed by atoms with Crippen molar-refractivity contribution in [1.82, 2.24) is 15.1 Å². The summed E-state index contributed by atoms with van der Waals surface area (Å²) in [6.07, 6.45) is 7.25. The number of hydrogen-bond donors (Lipinski definition) is 1. The van der Waals surface area contributed by atoms with E-state index in [1.807, 2.05) is 10.7 Å². The largest absolute Gasteiger partial charge is 0.348 e. The van der Waals surface area contributed by atoms with Crippen LogP contribution in [0.25, 0.3) is 0 Å². The van der Waals surface area contributed by atoms with Crippen LogP contribution in [-0.2, 0) is 9.84 Å². The highest BCUT2D eigenvalue weighted by molar-refractivity contribution is 7.91. The van der Waals surface area contributed by atoms with Crippen LogP contribution in [0.2, 0.25) is 0 Å². The van der Waals surface area contributed by atoms with Crippen molar-refractivity contribution in [3.8, 4) is 0 Å². The summed E-state index contributed by atoms with van der Waals surface area (Å²) < 4.78 is 25.4. The Morgan fingerprint density at radius 3 is 2.52 bits per heavy atom. The molecule has 1 aromatic rings. The van der Waals surface area contributed by atoms with E-state index in [9.17, 15) is 13.2 Å². The predicted octanol–water partition coefficient (Wildman–Crippen LogP) is 1.79. The Bertz CT molecular complexity index is 715. The smallest absolute Gasteiger partial charge is 0.272 e. The van der Waals surface area contributed by atoms with Gasteiger partial charge in [0.2, 0.25) is 0 Å². The SMILES string of the molecule is O=C(NC1CCCC1)c1cc(C2CC2)n(C2CCS(=O)(=O)C2)n1. The second-order valence-electron chi connectivity index (χ2n) is 7.18. The van der Waals surface area contributed by atoms with E-state index in [0.29, 0.717) is 18.0 Å². The van der Waals surface area contributed by atoms with E-state index in [-0.39, 0.29) is 29.5 Å². The standard InChI is InChI=1S/C16H23N3O3S/c20-16(17-12-3-1-2-4-12)14-9-15(11-5-6-11)19(18-14)13-7-8-23(21,22)10-13/h9,11-13H,1-8,10H2,(H,17,20). The average molecular weight is 337 g/mol. The van der Waals surface area contributed by atoms with Crippen LogP contribution in [0.1, 0.15) is 73.1 Å². The number of aromatic nitrogens is 2. The third-order valence-electron chi connectivity index (χ3n) is 5.24. The molecule has 2 heterocycles. The Morgan fingerprint density at radius 1 is 1.17 bits per heavy atom. The number of sulfone groups is 1. The fourth-order valence-corrected chi connectivity index (χ4v) is 5.49. The van der Waals surface area contributed by atoms with Gasteiger partial charge >= 0.3 is 0 Å². The normalized spacial score (nSPS) is 27.4. The minimum Gasteiger partial charge on any atom is -0.348 e. The van der Waals surface area contributed by atoms with Crippen LogP contribution in [0, 0.1) is 0 Å². The molecule has 0 bridgehead atoms. The zero-order valence-corrected chi connectivity index (χ0v) is 14.0. The minimum atomic E-state index is -2.96. The van der Waals surface area contributed by atoms with Gasteiger partial charge in [0.25, 0.3) is 5.91 Å². The van der Waals surface area contributed by atoms with Crippen LogP contribution < -0.4 is 5.32 Å². The molecule has 3 fully saturated rings. The Balaban J connectivity index is 1.56. The van der Waals surface area contributed by atoms with Crippen molar-refractivity contribution in [3.63, 3.8) is 0 Å². The molecule has 1 aromatic heterocycles. The number of nitrogens with zero attached hydrogens (tertiary/aromatic N) is 2. The van der Waals surface area contributed by atoms with Crippen molar-refractivity contribution in [2.75, 3.05) is 11.5 Å². The molecule has 1 N–H and O–H groups in total. The molecule has 3 aliphatic rings. The summed E-state index contributed by atoms with van der Waals surface area (Å²) in [5, 5.41) is 7.57. The van der Waals surface area contributed by atoms with E-state index in [0.717, 1.165) is 31.4 Å². The first-order chi connectivity index (χ1) is 11.0. The molecule has 1 saturated heterocycles. The zero-order valence-electron chi connectivity index (χ0n) is 13.2. The summed E-state index contributed by atoms with van der Waals surface area (Å²) in [6, 6.07) is 2.04. The lowest BCUT2D eigenvalue weighted by molar-refractivity contribution is 0.0931. The lowest BCUT2D eigenvalue weighted by atomic mass is 10.2. The van der Waals surface area contributed by atoms with Crippen molar-refractivity contribution in [1.29, 1.82) is 0 Å². The van der Waals surface area contributed by atoms with Crippen LogP contribution in [0.4, 0.5) is 0 Å². The van der Waals surface area contributed by atoms with Crippen molar-refractivity contribution >= 4 is 15.7 Å². The number of amides is 1. The Kier molecular flexibility index (Phi) is 3.70. The highest BCUT2D eigenvalue weighted by Crippen LogP contribution is 2.42. The second-order valence-corrected chi connectivity index (χ2v) is 9.41. The number of rotatable bonds is 4. The van der Waals surface area contributed by atoms with Gasteiger partial charge < -0.3 is 5.32 Å². The van der Waals surface area contributed by atoms with Crippen LogP contribution in [0.5, 0.6) is 0 Å². The van der Waals surface area contributed by atoms with Crippen LogP contribution in [0.3, 0.4) is 0 Å². The van der Waals surface area contributed by atoms with E-state index >= 15 is 0 Å². The van der Waals surface area contributed by atoms with E-state index in [1.54, 1.807) is 0 Å². The molecule has 23 heavy (non-hydrogen) atoms. The minimum absolute atomic E-state index is 0.108. The molecule has 0 aromatic carbocycles. The molecular formula is C16H23N3O3S. The number of nitrogens with one attached hydrogen (secondary N) is 1. The van der Waals surface area contributed by atoms with Crippen LogP contribution in [0.15, 0.2) is 6.07 Å². The van der Waals surface area contributed by atoms with Gasteiger partial charge in [0, 0.05) is 17.7 Å². The van der Waals surface area contributed by atoms with Crippen LogP contribution in [-0.4, -0.2) is 41.7 Å². The molecule has 0 spiro atoms. The summed E-state index contributed by atoms with van der Waals surface area (Å²) in [5.74, 6) is 0.709. The Hall–Kier alpha value is -1.37. The van der Waals surface area contributed by atoms with Crippen LogP contribution >= 0.6 is 0 Å². The van der Waals surface area contributed by atoms with Gasteiger partial charge in [-0.2, -0.15) is 5.10 Å². The lowest BCUT2D eigenvalue weighted by Crippen LogP contribution is -2.33. The van der Waals surface area contributed by atoms with Gasteiger partial charge in [0.15, 0.2) is 9.84 Å². The fraction of sp³-hybridized carbons (Fsp3) is 0.750. The van der Waals surface area contributed by atoms with E-state index < -0.39 is 9.84 Å². The van der Waals surface area contributed by atoms with Crippen molar-refractivity contribution in [3.05, 3.63) is 17.5 Å². The maximum Gasteiger partial charge on any atom is 0.272 e. The molecule has 4 rings (SSSR count). The summed E-state index contributed by atoms with van der Waals surface area (Å²) in [6.45, 7) is 0. The molecular weight excluding hydrogens is 314 g/mol. The van der Waals surface area contributed by atoms with E-state index in [2.05, 4.69) is 10.4 Å². The summed E-state index contributed by atoms with van der Waals surface area (Å²) in [7, 11) is -2.96. The third-order valence-corrected chi connectivity index (χ3v) is 6.99. The molecule has 1 amide bonds. The molecule has 1 atom stereocenters. The highest BCUT2D eigenvalue weighted by atomic mass is 32.2. The van der Waals surface area contributed by atoms with E-state index in [4.69, 9.17) is 0 Å². The lowest BCUT2D eigenvalue weighted by Gasteiger charge is -2.12. The maximum atomic E-state index is 12.4. The quantitative estimate of drug-likeness (QED) is 0.908. The summed E-state index contributed by atoms with van der Waals surface area (Å²) in [5.41, 5.74) is 1.49. The monoisotopic (exact) mass is 337 g/mol. The first-order valence-electron chi connectivity index (χ1n) is 8.62. The highest BCUT2D eigenvalue weighted by Gasteiger charge is 2.36. The molecule has 2 saturated carbocycles. The Morgan fingerprint density at radius 2 is 1.91 bits per heavy atom. The fourth-order valence-electron chi connectivity index (χ4n) is 3.79. The van der Waals surface area contributed by atoms with Crippen molar-refractivity contribution in [2.24, 2.45) is 0 Å². The molecule has 6 nitrogen and oxygen atoms in total. The van der Waals surface area contributed by atoms with Gasteiger partial charge in [-0.05, 0) is 38.2 Å². The Labute approximate surface area is 136 Å². The number of carbonyl (C=O) groups is 1. The first kappa shape index (κ1) is 15.2. The molecule has 0 radical (unpaired) electrons. The molecule has 2 aliphatic carbocycles. The van der Waals surface area contributed by atoms with Gasteiger partial charge in [0.05, 0.1) is 17.5 Å². The van der Waals surface area contributed by atoms with Gasteiger partial charge in [-0.25, -0.2) is 8.42 Å². The third kappa shape index (κ3) is 3.16. The van der Waals surface area contributed by atoms with Gasteiger partial charge in [-0.1, -0.05) is 12.8 Å². The second kappa shape index (κ2) is 5.61. The molecule has 1 unspecified atom stereocenters. The average Bonchev–Trinajstić information content (AvgIpc) is 2.92. The van der Waals surface area contributed by atoms with Gasteiger partial charge in [-0.15, -0.1) is 0 Å². The van der Waals surface area contributed by atoms with E-state index in [1.165, 1.54) is 12.8 Å². The van der Waals surface area contributed by atoms with Gasteiger partial charge in [-0.3, -0.25) is 9.48 Å². The topological polar surface area (TPSA) is 81.1 Å². The summed E-state index contributed by atoms with van der Waals surface area (Å²) >= 11 is 0.